The lowest BCUT2D eigenvalue weighted by Gasteiger charge is -2.40. The third kappa shape index (κ3) is 4.09. The van der Waals surface area contributed by atoms with Crippen molar-refractivity contribution in [1.82, 2.24) is 4.90 Å². The van der Waals surface area contributed by atoms with Gasteiger partial charge in [-0.1, -0.05) is 20.3 Å². The number of amides is 1. The SMILES string of the molecule is CCC(C)C(N)C(=O)N1CCC(C2(C)OCCO2)CC1.Cl. The topological polar surface area (TPSA) is 64.8 Å². The van der Waals surface area contributed by atoms with Gasteiger partial charge in [0.25, 0.3) is 0 Å². The second kappa shape index (κ2) is 7.77. The van der Waals surface area contributed by atoms with Crippen LogP contribution in [0, 0.1) is 11.8 Å². The summed E-state index contributed by atoms with van der Waals surface area (Å²) in [4.78, 5) is 14.3. The number of hydrogen-bond acceptors (Lipinski definition) is 4. The number of piperidine rings is 1. The smallest absolute Gasteiger partial charge is 0.239 e. The molecule has 2 aliphatic heterocycles. The Balaban J connectivity index is 0.00000220. The van der Waals surface area contributed by atoms with Crippen LogP contribution in [0.25, 0.3) is 0 Å². The minimum Gasteiger partial charge on any atom is -0.348 e. The standard InChI is InChI=1S/C15H28N2O3.ClH/c1-4-11(2)13(16)14(18)17-7-5-12(6-8-17)15(3)19-9-10-20-15;/h11-13H,4-10,16H2,1-3H3;1H. The van der Waals surface area contributed by atoms with Crippen molar-refractivity contribution in [2.45, 2.75) is 51.9 Å². The van der Waals surface area contributed by atoms with Gasteiger partial charge in [-0.2, -0.15) is 0 Å². The molecular weight excluding hydrogens is 292 g/mol. The molecule has 2 rings (SSSR count). The number of rotatable bonds is 4. The predicted octanol–water partition coefficient (Wildman–Crippen LogP) is 1.78. The second-order valence-corrected chi connectivity index (χ2v) is 6.22. The molecule has 2 heterocycles. The maximum atomic E-state index is 12.3. The van der Waals surface area contributed by atoms with E-state index >= 15 is 0 Å². The summed E-state index contributed by atoms with van der Waals surface area (Å²) in [7, 11) is 0. The molecule has 2 fully saturated rings. The van der Waals surface area contributed by atoms with Crippen LogP contribution >= 0.6 is 12.4 Å². The van der Waals surface area contributed by atoms with E-state index in [1.807, 2.05) is 18.7 Å². The van der Waals surface area contributed by atoms with E-state index in [0.717, 1.165) is 32.4 Å². The van der Waals surface area contributed by atoms with E-state index in [0.29, 0.717) is 19.1 Å². The third-order valence-corrected chi connectivity index (χ3v) is 4.95. The molecule has 0 bridgehead atoms. The van der Waals surface area contributed by atoms with Gasteiger partial charge in [-0.15, -0.1) is 12.4 Å². The molecule has 2 aliphatic rings. The highest BCUT2D eigenvalue weighted by Gasteiger charge is 2.42. The highest BCUT2D eigenvalue weighted by Crippen LogP contribution is 2.35. The maximum Gasteiger partial charge on any atom is 0.239 e. The summed E-state index contributed by atoms with van der Waals surface area (Å²) in [5.74, 6) is 0.248. The minimum atomic E-state index is -0.450. The van der Waals surface area contributed by atoms with Gasteiger partial charge in [-0.25, -0.2) is 0 Å². The first-order valence-electron chi connectivity index (χ1n) is 7.80. The van der Waals surface area contributed by atoms with Crippen LogP contribution < -0.4 is 5.73 Å². The van der Waals surface area contributed by atoms with Crippen LogP contribution in [-0.4, -0.2) is 48.9 Å². The van der Waals surface area contributed by atoms with Gasteiger partial charge in [0, 0.05) is 19.0 Å². The Hall–Kier alpha value is -0.360. The highest BCUT2D eigenvalue weighted by molar-refractivity contribution is 5.85. The van der Waals surface area contributed by atoms with Crippen molar-refractivity contribution in [3.63, 3.8) is 0 Å². The van der Waals surface area contributed by atoms with E-state index in [9.17, 15) is 4.79 Å². The molecule has 0 aromatic heterocycles. The number of carbonyl (C=O) groups is 1. The minimum absolute atomic E-state index is 0. The molecular formula is C15H29ClN2O3. The van der Waals surface area contributed by atoms with E-state index < -0.39 is 5.79 Å². The van der Waals surface area contributed by atoms with E-state index in [4.69, 9.17) is 15.2 Å². The lowest BCUT2D eigenvalue weighted by Crippen LogP contribution is -2.52. The van der Waals surface area contributed by atoms with Gasteiger partial charge < -0.3 is 20.1 Å². The maximum absolute atomic E-state index is 12.3. The average molecular weight is 321 g/mol. The molecule has 2 unspecified atom stereocenters. The Kier molecular flexibility index (Phi) is 6.91. The number of nitrogens with two attached hydrogens (primary N) is 1. The van der Waals surface area contributed by atoms with Crippen molar-refractivity contribution in [3.8, 4) is 0 Å². The van der Waals surface area contributed by atoms with Gasteiger partial charge in [0.05, 0.1) is 19.3 Å². The highest BCUT2D eigenvalue weighted by atomic mass is 35.5. The molecule has 21 heavy (non-hydrogen) atoms. The van der Waals surface area contributed by atoms with Crippen LogP contribution in [0.4, 0.5) is 0 Å². The van der Waals surface area contributed by atoms with Crippen LogP contribution in [0.15, 0.2) is 0 Å². The van der Waals surface area contributed by atoms with Crippen LogP contribution in [0.5, 0.6) is 0 Å². The molecule has 5 nitrogen and oxygen atoms in total. The van der Waals surface area contributed by atoms with Crippen LogP contribution in [0.2, 0.25) is 0 Å². The van der Waals surface area contributed by atoms with E-state index in [1.54, 1.807) is 0 Å². The normalized spacial score (nSPS) is 25.2. The Morgan fingerprint density at radius 3 is 2.33 bits per heavy atom. The number of nitrogens with zero attached hydrogens (tertiary/aromatic N) is 1. The molecule has 2 atom stereocenters. The summed E-state index contributed by atoms with van der Waals surface area (Å²) in [6.45, 7) is 9.00. The third-order valence-electron chi connectivity index (χ3n) is 4.95. The molecule has 2 N–H and O–H groups in total. The summed E-state index contributed by atoms with van der Waals surface area (Å²) in [5.41, 5.74) is 6.04. The predicted molar refractivity (Wildman–Crippen MR) is 84.3 cm³/mol. The molecule has 1 amide bonds. The first-order chi connectivity index (χ1) is 9.48. The summed E-state index contributed by atoms with van der Waals surface area (Å²) >= 11 is 0. The molecule has 0 saturated carbocycles. The van der Waals surface area contributed by atoms with E-state index in [-0.39, 0.29) is 30.3 Å². The number of carbonyl (C=O) groups excluding carboxylic acids is 1. The molecule has 0 radical (unpaired) electrons. The van der Waals surface area contributed by atoms with Crippen molar-refractivity contribution >= 4 is 18.3 Å². The van der Waals surface area contributed by atoms with Crippen molar-refractivity contribution < 1.29 is 14.3 Å². The average Bonchev–Trinajstić information content (AvgIpc) is 2.93. The largest absolute Gasteiger partial charge is 0.348 e. The fraction of sp³-hybridized carbons (Fsp3) is 0.933. The molecule has 0 spiro atoms. The van der Waals surface area contributed by atoms with Gasteiger partial charge in [-0.05, 0) is 25.7 Å². The zero-order chi connectivity index (χ0) is 14.8. The molecule has 0 aliphatic carbocycles. The Morgan fingerprint density at radius 1 is 1.33 bits per heavy atom. The quantitative estimate of drug-likeness (QED) is 0.857. The summed E-state index contributed by atoms with van der Waals surface area (Å²) in [5, 5.41) is 0. The molecule has 0 aromatic carbocycles. The zero-order valence-electron chi connectivity index (χ0n) is 13.3. The first kappa shape index (κ1) is 18.7. The molecule has 6 heteroatoms. The fourth-order valence-corrected chi connectivity index (χ4v) is 3.10. The first-order valence-corrected chi connectivity index (χ1v) is 7.80. The van der Waals surface area contributed by atoms with Gasteiger partial charge in [0.2, 0.25) is 5.91 Å². The monoisotopic (exact) mass is 320 g/mol. The van der Waals surface area contributed by atoms with Crippen molar-refractivity contribution in [1.29, 1.82) is 0 Å². The Bertz CT molecular complexity index is 340. The number of likely N-dealkylation sites (tertiary alicyclic amines) is 1. The zero-order valence-corrected chi connectivity index (χ0v) is 14.2. The molecule has 0 aromatic rings. The van der Waals surface area contributed by atoms with Crippen LogP contribution in [0.3, 0.4) is 0 Å². The lowest BCUT2D eigenvalue weighted by atomic mass is 9.88. The number of ether oxygens (including phenoxy) is 2. The van der Waals surface area contributed by atoms with Crippen LogP contribution in [-0.2, 0) is 14.3 Å². The molecule has 2 saturated heterocycles. The van der Waals surface area contributed by atoms with E-state index in [2.05, 4.69) is 6.92 Å². The second-order valence-electron chi connectivity index (χ2n) is 6.22. The summed E-state index contributed by atoms with van der Waals surface area (Å²) in [6.07, 6.45) is 2.79. The van der Waals surface area contributed by atoms with Crippen molar-refractivity contribution in [2.24, 2.45) is 17.6 Å². The Morgan fingerprint density at radius 2 is 1.86 bits per heavy atom. The number of hydrogen-bond donors (Lipinski definition) is 1. The molecule has 124 valence electrons. The van der Waals surface area contributed by atoms with E-state index in [1.165, 1.54) is 0 Å². The van der Waals surface area contributed by atoms with Crippen molar-refractivity contribution in [3.05, 3.63) is 0 Å². The summed E-state index contributed by atoms with van der Waals surface area (Å²) in [6, 6.07) is -0.369. The van der Waals surface area contributed by atoms with Crippen LogP contribution in [0.1, 0.15) is 40.0 Å². The van der Waals surface area contributed by atoms with Gasteiger partial charge in [0.1, 0.15) is 0 Å². The van der Waals surface area contributed by atoms with Gasteiger partial charge >= 0.3 is 0 Å². The fourth-order valence-electron chi connectivity index (χ4n) is 3.10. The number of halogens is 1. The van der Waals surface area contributed by atoms with Crippen molar-refractivity contribution in [2.75, 3.05) is 26.3 Å². The van der Waals surface area contributed by atoms with Gasteiger partial charge in [0.15, 0.2) is 5.79 Å². The van der Waals surface area contributed by atoms with Gasteiger partial charge in [-0.3, -0.25) is 4.79 Å². The Labute approximate surface area is 133 Å². The summed E-state index contributed by atoms with van der Waals surface area (Å²) < 4.78 is 11.5. The lowest BCUT2D eigenvalue weighted by molar-refractivity contribution is -0.191.